The van der Waals surface area contributed by atoms with Crippen LogP contribution in [0.2, 0.25) is 0 Å². The molecule has 0 atom stereocenters. The van der Waals surface area contributed by atoms with Crippen LogP contribution in [0.15, 0.2) is 60.4 Å². The van der Waals surface area contributed by atoms with Gasteiger partial charge in [-0.25, -0.2) is 0 Å². The number of para-hydroxylation sites is 1. The summed E-state index contributed by atoms with van der Waals surface area (Å²) in [5.74, 6) is 1.90. The fourth-order valence-electron chi connectivity index (χ4n) is 1.75. The molecule has 104 valence electrons. The summed E-state index contributed by atoms with van der Waals surface area (Å²) in [4.78, 5) is 0. The first kappa shape index (κ1) is 17.2. The zero-order valence-electron chi connectivity index (χ0n) is 12.9. The van der Waals surface area contributed by atoms with Crippen LogP contribution < -0.4 is 4.74 Å². The Bertz CT molecular complexity index is 439. The molecule has 0 fully saturated rings. The highest BCUT2D eigenvalue weighted by atomic mass is 16.5. The van der Waals surface area contributed by atoms with E-state index in [1.807, 2.05) is 65.0 Å². The molecule has 0 saturated heterocycles. The monoisotopic (exact) mass is 258 g/mol. The van der Waals surface area contributed by atoms with Gasteiger partial charge in [0.25, 0.3) is 0 Å². The van der Waals surface area contributed by atoms with Crippen LogP contribution in [0.25, 0.3) is 0 Å². The van der Waals surface area contributed by atoms with Crippen molar-refractivity contribution in [1.82, 2.24) is 0 Å². The fourth-order valence-corrected chi connectivity index (χ4v) is 1.75. The smallest absolute Gasteiger partial charge is 0.130 e. The summed E-state index contributed by atoms with van der Waals surface area (Å²) in [6, 6.07) is 8.13. The Morgan fingerprint density at radius 2 is 1.74 bits per heavy atom. The van der Waals surface area contributed by atoms with Crippen LogP contribution in [0.4, 0.5) is 0 Å². The number of rotatable bonds is 1. The van der Waals surface area contributed by atoms with Gasteiger partial charge >= 0.3 is 0 Å². The molecule has 0 unspecified atom stereocenters. The topological polar surface area (TPSA) is 9.23 Å². The Morgan fingerprint density at radius 3 is 2.32 bits per heavy atom. The third-order valence-corrected chi connectivity index (χ3v) is 2.47. The maximum atomic E-state index is 5.79. The van der Waals surface area contributed by atoms with Crippen molar-refractivity contribution in [2.75, 3.05) is 0 Å². The van der Waals surface area contributed by atoms with E-state index in [4.69, 9.17) is 4.74 Å². The molecule has 0 saturated carbocycles. The zero-order valence-corrected chi connectivity index (χ0v) is 12.9. The minimum Gasteiger partial charge on any atom is -0.457 e. The molecule has 1 nitrogen and oxygen atoms in total. The standard InChI is InChI=1S/C14H14O.2C2H6/c1-3-7-11-10-12-8-5-6-9-14(12)15-13(11)4-2;2*1-2/h3-9H,1,10H2,2H3;2*1-2H3/b11-7-,13-4+;;. The van der Waals surface area contributed by atoms with Crippen molar-refractivity contribution in [2.45, 2.75) is 41.0 Å². The lowest BCUT2D eigenvalue weighted by Gasteiger charge is -2.21. The number of ether oxygens (including phenoxy) is 1. The van der Waals surface area contributed by atoms with Crippen LogP contribution in [0.1, 0.15) is 40.2 Å². The maximum absolute atomic E-state index is 5.79. The first-order valence-electron chi connectivity index (χ1n) is 7.09. The van der Waals surface area contributed by atoms with E-state index < -0.39 is 0 Å². The number of benzene rings is 1. The average Bonchev–Trinajstić information content (AvgIpc) is 2.51. The highest BCUT2D eigenvalue weighted by Crippen LogP contribution is 2.32. The highest BCUT2D eigenvalue weighted by molar-refractivity contribution is 5.47. The summed E-state index contributed by atoms with van der Waals surface area (Å²) in [6.07, 6.45) is 6.72. The molecule has 1 heteroatoms. The first-order chi connectivity index (χ1) is 9.35. The van der Waals surface area contributed by atoms with E-state index in [0.29, 0.717) is 0 Å². The molecule has 1 heterocycles. The Labute approximate surface area is 118 Å². The molecule has 1 aromatic carbocycles. The number of allylic oxidation sites excluding steroid dienone is 4. The van der Waals surface area contributed by atoms with Gasteiger partial charge in [0.15, 0.2) is 0 Å². The first-order valence-corrected chi connectivity index (χ1v) is 7.09. The molecular weight excluding hydrogens is 232 g/mol. The van der Waals surface area contributed by atoms with Crippen LogP contribution in [-0.4, -0.2) is 0 Å². The second kappa shape index (κ2) is 10.2. The lowest BCUT2D eigenvalue weighted by molar-refractivity contribution is 0.414. The van der Waals surface area contributed by atoms with Crippen molar-refractivity contribution in [3.05, 3.63) is 66.0 Å². The highest BCUT2D eigenvalue weighted by Gasteiger charge is 2.17. The summed E-state index contributed by atoms with van der Waals surface area (Å²) in [5.41, 5.74) is 2.42. The fraction of sp³-hybridized carbons (Fsp3) is 0.333. The Balaban J connectivity index is 0.000000741. The molecule has 1 aliphatic rings. The summed E-state index contributed by atoms with van der Waals surface area (Å²) in [6.45, 7) is 13.7. The van der Waals surface area contributed by atoms with Crippen LogP contribution in [-0.2, 0) is 6.42 Å². The Morgan fingerprint density at radius 1 is 1.11 bits per heavy atom. The summed E-state index contributed by atoms with van der Waals surface area (Å²) < 4.78 is 5.79. The van der Waals surface area contributed by atoms with E-state index in [1.54, 1.807) is 6.08 Å². The lowest BCUT2D eigenvalue weighted by Crippen LogP contribution is -2.09. The van der Waals surface area contributed by atoms with E-state index in [2.05, 4.69) is 12.6 Å². The SMILES string of the molecule is C=C/C=C1/Cc2ccccc2O/C1=C/C.CC.CC. The van der Waals surface area contributed by atoms with Crippen molar-refractivity contribution in [1.29, 1.82) is 0 Å². The third-order valence-electron chi connectivity index (χ3n) is 2.47. The van der Waals surface area contributed by atoms with E-state index >= 15 is 0 Å². The molecule has 0 aliphatic carbocycles. The molecule has 0 aromatic heterocycles. The normalized spacial score (nSPS) is 16.3. The van der Waals surface area contributed by atoms with Gasteiger partial charge in [-0.1, -0.05) is 64.6 Å². The van der Waals surface area contributed by atoms with Crippen molar-refractivity contribution in [2.24, 2.45) is 0 Å². The van der Waals surface area contributed by atoms with Gasteiger partial charge in [0.05, 0.1) is 0 Å². The van der Waals surface area contributed by atoms with Gasteiger partial charge in [-0.2, -0.15) is 0 Å². The van der Waals surface area contributed by atoms with Gasteiger partial charge in [0, 0.05) is 6.42 Å². The van der Waals surface area contributed by atoms with Gasteiger partial charge in [-0.3, -0.25) is 0 Å². The maximum Gasteiger partial charge on any atom is 0.130 e. The minimum absolute atomic E-state index is 0.919. The van der Waals surface area contributed by atoms with Crippen molar-refractivity contribution in [3.63, 3.8) is 0 Å². The molecule has 1 aliphatic heterocycles. The van der Waals surface area contributed by atoms with Crippen LogP contribution in [0, 0.1) is 0 Å². The minimum atomic E-state index is 0.919. The molecule has 0 spiro atoms. The van der Waals surface area contributed by atoms with Crippen LogP contribution in [0.5, 0.6) is 5.75 Å². The summed E-state index contributed by atoms with van der Waals surface area (Å²) in [5, 5.41) is 0. The second-order valence-electron chi connectivity index (χ2n) is 3.47. The van der Waals surface area contributed by atoms with Gasteiger partial charge in [0.1, 0.15) is 11.5 Å². The van der Waals surface area contributed by atoms with Crippen molar-refractivity contribution < 1.29 is 4.74 Å². The molecule has 0 amide bonds. The molecule has 0 bridgehead atoms. The quantitative estimate of drug-likeness (QED) is 0.628. The molecule has 0 radical (unpaired) electrons. The zero-order chi connectivity index (χ0) is 14.7. The van der Waals surface area contributed by atoms with E-state index in [-0.39, 0.29) is 0 Å². The number of fused-ring (bicyclic) bond motifs is 1. The van der Waals surface area contributed by atoms with E-state index in [1.165, 1.54) is 11.1 Å². The number of hydrogen-bond donors (Lipinski definition) is 0. The molecule has 19 heavy (non-hydrogen) atoms. The van der Waals surface area contributed by atoms with Crippen LogP contribution >= 0.6 is 0 Å². The average molecular weight is 258 g/mol. The van der Waals surface area contributed by atoms with E-state index in [0.717, 1.165) is 17.9 Å². The summed E-state index contributed by atoms with van der Waals surface area (Å²) in [7, 11) is 0. The number of hydrogen-bond acceptors (Lipinski definition) is 1. The summed E-state index contributed by atoms with van der Waals surface area (Å²) >= 11 is 0. The lowest BCUT2D eigenvalue weighted by atomic mass is 9.99. The largest absolute Gasteiger partial charge is 0.457 e. The van der Waals surface area contributed by atoms with Crippen LogP contribution in [0.3, 0.4) is 0 Å². The van der Waals surface area contributed by atoms with Gasteiger partial charge in [-0.05, 0) is 30.2 Å². The van der Waals surface area contributed by atoms with Gasteiger partial charge in [0.2, 0.25) is 0 Å². The molecule has 2 rings (SSSR count). The predicted molar refractivity (Wildman–Crippen MR) is 85.5 cm³/mol. The van der Waals surface area contributed by atoms with Gasteiger partial charge < -0.3 is 4.74 Å². The van der Waals surface area contributed by atoms with Gasteiger partial charge in [-0.15, -0.1) is 0 Å². The third kappa shape index (κ3) is 4.78. The molecule has 0 N–H and O–H groups in total. The van der Waals surface area contributed by atoms with Crippen molar-refractivity contribution in [3.8, 4) is 5.75 Å². The molecular formula is C18H26O. The Hall–Kier alpha value is -1.76. The Kier molecular flexibility index (Phi) is 9.25. The van der Waals surface area contributed by atoms with Crippen molar-refractivity contribution >= 4 is 0 Å². The van der Waals surface area contributed by atoms with E-state index in [9.17, 15) is 0 Å². The molecule has 1 aromatic rings. The predicted octanol–water partition coefficient (Wildman–Crippen LogP) is 5.69. The second-order valence-corrected chi connectivity index (χ2v) is 3.47.